The van der Waals surface area contributed by atoms with Crippen molar-refractivity contribution in [1.82, 2.24) is 20.6 Å². The van der Waals surface area contributed by atoms with Crippen LogP contribution in [-0.2, 0) is 11.3 Å². The number of carbonyl (C=O) groups excluding carboxylic acids is 2. The number of carbonyl (C=O) groups is 2. The van der Waals surface area contributed by atoms with Gasteiger partial charge in [-0.15, -0.1) is 0 Å². The summed E-state index contributed by atoms with van der Waals surface area (Å²) in [6.07, 6.45) is 0. The minimum atomic E-state index is -0.515. The molecule has 0 bridgehead atoms. The first-order valence-corrected chi connectivity index (χ1v) is 11.5. The maximum Gasteiger partial charge on any atom is 0.312 e. The van der Waals surface area contributed by atoms with E-state index in [-0.39, 0.29) is 12.3 Å². The molecule has 4 rings (SSSR count). The van der Waals surface area contributed by atoms with E-state index >= 15 is 0 Å². The average molecular weight is 500 g/mol. The highest BCUT2D eigenvalue weighted by Gasteiger charge is 2.21. The average Bonchev–Trinajstić information content (AvgIpc) is 3.19. The standard InChI is InChI=1S/C27H25N5O5/c1-18-26(32(35)36)19(2)31(30-18)16-20-12-14-22(15-13-20)27(34)29-28-25(33)17-37-24-11-7-6-10-23(24)21-8-4-3-5-9-21/h3-15H,16-17H2,1-2H3,(H,28,33)(H,29,34). The van der Waals surface area contributed by atoms with Gasteiger partial charge in [0.05, 0.1) is 11.5 Å². The van der Waals surface area contributed by atoms with Gasteiger partial charge in [0.25, 0.3) is 11.8 Å². The van der Waals surface area contributed by atoms with Gasteiger partial charge in [-0.25, -0.2) is 0 Å². The first-order valence-electron chi connectivity index (χ1n) is 11.5. The number of nitro groups is 1. The van der Waals surface area contributed by atoms with Gasteiger partial charge >= 0.3 is 5.69 Å². The molecule has 1 heterocycles. The van der Waals surface area contributed by atoms with Crippen LogP contribution >= 0.6 is 0 Å². The number of hydrazine groups is 1. The number of hydrogen-bond donors (Lipinski definition) is 2. The molecule has 37 heavy (non-hydrogen) atoms. The summed E-state index contributed by atoms with van der Waals surface area (Å²) in [4.78, 5) is 35.5. The first kappa shape index (κ1) is 25.1. The van der Waals surface area contributed by atoms with Crippen molar-refractivity contribution in [2.45, 2.75) is 20.4 Å². The summed E-state index contributed by atoms with van der Waals surface area (Å²) in [5, 5.41) is 15.4. The fraction of sp³-hybridized carbons (Fsp3) is 0.148. The van der Waals surface area contributed by atoms with Crippen LogP contribution in [0.2, 0.25) is 0 Å². The van der Waals surface area contributed by atoms with Gasteiger partial charge in [-0.05, 0) is 43.2 Å². The van der Waals surface area contributed by atoms with Crippen molar-refractivity contribution in [1.29, 1.82) is 0 Å². The predicted octanol–water partition coefficient (Wildman–Crippen LogP) is 3.96. The van der Waals surface area contributed by atoms with Crippen molar-refractivity contribution < 1.29 is 19.2 Å². The van der Waals surface area contributed by atoms with Crippen LogP contribution in [-0.4, -0.2) is 33.1 Å². The third-order valence-electron chi connectivity index (χ3n) is 5.72. The summed E-state index contributed by atoms with van der Waals surface area (Å²) in [6.45, 7) is 3.28. The Labute approximate surface area is 213 Å². The Hall–Kier alpha value is -4.99. The first-order chi connectivity index (χ1) is 17.8. The molecule has 0 spiro atoms. The quantitative estimate of drug-likeness (QED) is 0.279. The molecule has 0 aliphatic heterocycles. The summed E-state index contributed by atoms with van der Waals surface area (Å²) in [5.74, 6) is -0.455. The van der Waals surface area contributed by atoms with Crippen LogP contribution in [0, 0.1) is 24.0 Å². The molecule has 0 saturated carbocycles. The normalized spacial score (nSPS) is 10.5. The molecule has 0 saturated heterocycles. The number of benzene rings is 3. The molecule has 10 nitrogen and oxygen atoms in total. The van der Waals surface area contributed by atoms with Crippen molar-refractivity contribution in [2.75, 3.05) is 6.61 Å². The minimum Gasteiger partial charge on any atom is -0.483 e. The Balaban J connectivity index is 1.30. The Morgan fingerprint density at radius 3 is 2.30 bits per heavy atom. The lowest BCUT2D eigenvalue weighted by molar-refractivity contribution is -0.386. The molecule has 0 aliphatic carbocycles. The van der Waals surface area contributed by atoms with Crippen LogP contribution in [0.25, 0.3) is 11.1 Å². The third kappa shape index (κ3) is 5.99. The summed E-state index contributed by atoms with van der Waals surface area (Å²) in [6, 6.07) is 23.7. The van der Waals surface area contributed by atoms with Crippen molar-refractivity contribution >= 4 is 17.5 Å². The van der Waals surface area contributed by atoms with Gasteiger partial charge < -0.3 is 4.74 Å². The van der Waals surface area contributed by atoms with Crippen LogP contribution in [0.5, 0.6) is 5.75 Å². The van der Waals surface area contributed by atoms with E-state index in [1.165, 1.54) is 0 Å². The summed E-state index contributed by atoms with van der Waals surface area (Å²) in [7, 11) is 0. The molecule has 0 aliphatic rings. The highest BCUT2D eigenvalue weighted by Crippen LogP contribution is 2.29. The van der Waals surface area contributed by atoms with Crippen molar-refractivity contribution in [3.63, 3.8) is 0 Å². The van der Waals surface area contributed by atoms with Gasteiger partial charge in [0, 0.05) is 11.1 Å². The fourth-order valence-corrected chi connectivity index (χ4v) is 3.87. The zero-order chi connectivity index (χ0) is 26.4. The Kier molecular flexibility index (Phi) is 7.58. The van der Waals surface area contributed by atoms with Gasteiger partial charge in [0.2, 0.25) is 0 Å². The summed E-state index contributed by atoms with van der Waals surface area (Å²) < 4.78 is 7.24. The van der Waals surface area contributed by atoms with Gasteiger partial charge in [-0.2, -0.15) is 5.10 Å². The lowest BCUT2D eigenvalue weighted by Crippen LogP contribution is -2.43. The maximum atomic E-state index is 12.5. The monoisotopic (exact) mass is 499 g/mol. The number of aromatic nitrogens is 2. The molecular weight excluding hydrogens is 474 g/mol. The smallest absolute Gasteiger partial charge is 0.312 e. The lowest BCUT2D eigenvalue weighted by atomic mass is 10.1. The molecular formula is C27H25N5O5. The second-order valence-electron chi connectivity index (χ2n) is 8.28. The second kappa shape index (κ2) is 11.2. The van der Waals surface area contributed by atoms with Crippen molar-refractivity contribution in [3.05, 3.63) is 111 Å². The Bertz CT molecular complexity index is 1430. The number of nitrogens with one attached hydrogen (secondary N) is 2. The van der Waals surface area contributed by atoms with E-state index in [2.05, 4.69) is 16.0 Å². The molecule has 0 atom stereocenters. The largest absolute Gasteiger partial charge is 0.483 e. The molecule has 3 aromatic carbocycles. The fourth-order valence-electron chi connectivity index (χ4n) is 3.87. The molecule has 0 unspecified atom stereocenters. The zero-order valence-electron chi connectivity index (χ0n) is 20.3. The highest BCUT2D eigenvalue weighted by molar-refractivity contribution is 5.95. The molecule has 4 aromatic rings. The SMILES string of the molecule is Cc1nn(Cc2ccc(C(=O)NNC(=O)COc3ccccc3-c3ccccc3)cc2)c(C)c1[N+](=O)[O-]. The van der Waals surface area contributed by atoms with Gasteiger partial charge in [-0.1, -0.05) is 60.7 Å². The Morgan fingerprint density at radius 2 is 1.62 bits per heavy atom. The number of ether oxygens (including phenoxy) is 1. The lowest BCUT2D eigenvalue weighted by Gasteiger charge is -2.12. The molecule has 2 N–H and O–H groups in total. The van der Waals surface area contributed by atoms with Crippen LogP contribution < -0.4 is 15.6 Å². The van der Waals surface area contributed by atoms with E-state index in [9.17, 15) is 19.7 Å². The number of para-hydroxylation sites is 1. The van der Waals surface area contributed by atoms with E-state index < -0.39 is 16.7 Å². The number of amides is 2. The third-order valence-corrected chi connectivity index (χ3v) is 5.72. The number of rotatable bonds is 8. The molecule has 0 fully saturated rings. The molecule has 188 valence electrons. The molecule has 2 amide bonds. The Morgan fingerprint density at radius 1 is 0.946 bits per heavy atom. The number of hydrogen-bond acceptors (Lipinski definition) is 6. The van der Waals surface area contributed by atoms with E-state index in [4.69, 9.17) is 4.74 Å². The predicted molar refractivity (Wildman–Crippen MR) is 137 cm³/mol. The van der Waals surface area contributed by atoms with E-state index in [0.29, 0.717) is 29.2 Å². The molecule has 1 aromatic heterocycles. The van der Waals surface area contributed by atoms with Crippen LogP contribution in [0.1, 0.15) is 27.3 Å². The highest BCUT2D eigenvalue weighted by atomic mass is 16.6. The van der Waals surface area contributed by atoms with E-state index in [1.807, 2.05) is 48.5 Å². The van der Waals surface area contributed by atoms with E-state index in [0.717, 1.165) is 16.7 Å². The second-order valence-corrected chi connectivity index (χ2v) is 8.28. The molecule has 10 heteroatoms. The number of nitrogens with zero attached hydrogens (tertiary/aromatic N) is 3. The van der Waals surface area contributed by atoms with Crippen LogP contribution in [0.3, 0.4) is 0 Å². The van der Waals surface area contributed by atoms with E-state index in [1.54, 1.807) is 48.9 Å². The summed E-state index contributed by atoms with van der Waals surface area (Å²) >= 11 is 0. The van der Waals surface area contributed by atoms with Gasteiger partial charge in [0.1, 0.15) is 17.1 Å². The van der Waals surface area contributed by atoms with Gasteiger partial charge in [0.15, 0.2) is 6.61 Å². The number of aryl methyl sites for hydroxylation is 1. The molecule has 0 radical (unpaired) electrons. The maximum absolute atomic E-state index is 12.5. The minimum absolute atomic E-state index is 0.000673. The van der Waals surface area contributed by atoms with Crippen molar-refractivity contribution in [2.24, 2.45) is 0 Å². The topological polar surface area (TPSA) is 128 Å². The van der Waals surface area contributed by atoms with Gasteiger partial charge in [-0.3, -0.25) is 35.2 Å². The van der Waals surface area contributed by atoms with Crippen LogP contribution in [0.4, 0.5) is 5.69 Å². The zero-order valence-corrected chi connectivity index (χ0v) is 20.3. The summed E-state index contributed by atoms with van der Waals surface area (Å²) in [5.41, 5.74) is 8.49. The van der Waals surface area contributed by atoms with Crippen molar-refractivity contribution in [3.8, 4) is 16.9 Å². The van der Waals surface area contributed by atoms with Crippen LogP contribution in [0.15, 0.2) is 78.9 Å².